The molecule has 1 fully saturated rings. The van der Waals surface area contributed by atoms with Gasteiger partial charge in [0, 0.05) is 17.9 Å². The first-order valence-corrected chi connectivity index (χ1v) is 5.22. The molecule has 0 bridgehead atoms. The number of aromatic nitrogens is 1. The quantitative estimate of drug-likeness (QED) is 0.744. The highest BCUT2D eigenvalue weighted by molar-refractivity contribution is 9.10. The van der Waals surface area contributed by atoms with Gasteiger partial charge in [0.2, 0.25) is 0 Å². The van der Waals surface area contributed by atoms with Gasteiger partial charge in [0.05, 0.1) is 11.6 Å². The largest absolute Gasteiger partial charge is 0.381 e. The molecule has 60 valence electrons. The fraction of sp³-hybridized carbons (Fsp3) is 0.571. The van der Waals surface area contributed by atoms with Crippen molar-refractivity contribution in [3.05, 3.63) is 15.0 Å². The summed E-state index contributed by atoms with van der Waals surface area (Å²) < 4.78 is 6.22. The average Bonchev–Trinajstić information content (AvgIpc) is 2.55. The van der Waals surface area contributed by atoms with Crippen molar-refractivity contribution in [3.63, 3.8) is 0 Å². The third-order valence-corrected chi connectivity index (χ3v) is 3.49. The van der Waals surface area contributed by atoms with Crippen LogP contribution in [0.4, 0.5) is 0 Å². The number of hydrogen-bond acceptors (Lipinski definition) is 3. The van der Waals surface area contributed by atoms with E-state index in [1.54, 1.807) is 11.3 Å². The van der Waals surface area contributed by atoms with Crippen molar-refractivity contribution in [3.8, 4) is 0 Å². The van der Waals surface area contributed by atoms with Gasteiger partial charge in [0.25, 0.3) is 0 Å². The summed E-state index contributed by atoms with van der Waals surface area (Å²) in [7, 11) is 0. The highest BCUT2D eigenvalue weighted by Gasteiger charge is 2.20. The summed E-state index contributed by atoms with van der Waals surface area (Å²) in [5, 5.41) is 3.22. The molecule has 2 nitrogen and oxygen atoms in total. The molecule has 0 spiro atoms. The highest BCUT2D eigenvalue weighted by atomic mass is 79.9. The molecule has 2 heterocycles. The molecule has 1 saturated heterocycles. The maximum Gasteiger partial charge on any atom is 0.117 e. The molecule has 1 aliphatic heterocycles. The van der Waals surface area contributed by atoms with E-state index in [0.29, 0.717) is 5.92 Å². The Morgan fingerprint density at radius 3 is 3.18 bits per heavy atom. The van der Waals surface area contributed by atoms with E-state index in [4.69, 9.17) is 4.74 Å². The van der Waals surface area contributed by atoms with Crippen molar-refractivity contribution in [1.29, 1.82) is 0 Å². The molecule has 11 heavy (non-hydrogen) atoms. The second-order valence-electron chi connectivity index (χ2n) is 2.57. The Kier molecular flexibility index (Phi) is 2.25. The Morgan fingerprint density at radius 1 is 1.73 bits per heavy atom. The van der Waals surface area contributed by atoms with Crippen LogP contribution in [-0.2, 0) is 4.74 Å². The summed E-state index contributed by atoms with van der Waals surface area (Å²) >= 11 is 5.05. The Morgan fingerprint density at radius 2 is 2.64 bits per heavy atom. The second kappa shape index (κ2) is 3.21. The molecule has 2 rings (SSSR count). The zero-order valence-electron chi connectivity index (χ0n) is 5.92. The van der Waals surface area contributed by atoms with Crippen LogP contribution in [0.1, 0.15) is 17.3 Å². The molecule has 0 saturated carbocycles. The Balaban J connectivity index is 2.15. The van der Waals surface area contributed by atoms with Gasteiger partial charge in [0.1, 0.15) is 4.60 Å². The minimum atomic E-state index is 0.547. The minimum absolute atomic E-state index is 0.547. The fourth-order valence-corrected chi connectivity index (χ4v) is 2.57. The highest BCUT2D eigenvalue weighted by Crippen LogP contribution is 2.28. The van der Waals surface area contributed by atoms with Gasteiger partial charge >= 0.3 is 0 Å². The fourth-order valence-electron chi connectivity index (χ4n) is 1.18. The molecule has 1 aromatic heterocycles. The first-order chi connectivity index (χ1) is 5.36. The second-order valence-corrected chi connectivity index (χ2v) is 4.27. The third-order valence-electron chi connectivity index (χ3n) is 1.77. The third kappa shape index (κ3) is 1.63. The van der Waals surface area contributed by atoms with Crippen molar-refractivity contribution < 1.29 is 4.74 Å². The average molecular weight is 234 g/mol. The van der Waals surface area contributed by atoms with E-state index in [1.807, 2.05) is 5.38 Å². The smallest absolute Gasteiger partial charge is 0.117 e. The van der Waals surface area contributed by atoms with Crippen LogP contribution in [0.15, 0.2) is 9.98 Å². The van der Waals surface area contributed by atoms with E-state index >= 15 is 0 Å². The van der Waals surface area contributed by atoms with Crippen LogP contribution >= 0.6 is 27.3 Å². The molecule has 1 aliphatic rings. The van der Waals surface area contributed by atoms with Gasteiger partial charge in [-0.15, -0.1) is 11.3 Å². The van der Waals surface area contributed by atoms with Gasteiger partial charge in [0.15, 0.2) is 0 Å². The Bertz CT molecular complexity index is 244. The molecular weight excluding hydrogens is 226 g/mol. The van der Waals surface area contributed by atoms with Gasteiger partial charge < -0.3 is 4.74 Å². The molecule has 1 aromatic rings. The van der Waals surface area contributed by atoms with E-state index in [1.165, 1.54) is 5.01 Å². The molecule has 4 heteroatoms. The van der Waals surface area contributed by atoms with Crippen LogP contribution in [0.5, 0.6) is 0 Å². The summed E-state index contributed by atoms with van der Waals surface area (Å²) in [6.07, 6.45) is 1.12. The first-order valence-electron chi connectivity index (χ1n) is 3.55. The van der Waals surface area contributed by atoms with E-state index in [9.17, 15) is 0 Å². The molecule has 1 atom stereocenters. The van der Waals surface area contributed by atoms with E-state index in [2.05, 4.69) is 20.9 Å². The monoisotopic (exact) mass is 233 g/mol. The standard InChI is InChI=1S/C7H8BrNOS/c8-6-4-11-7(9-6)5-1-2-10-3-5/h4-5H,1-3H2. The summed E-state index contributed by atoms with van der Waals surface area (Å²) in [4.78, 5) is 4.35. The van der Waals surface area contributed by atoms with E-state index in [0.717, 1.165) is 24.2 Å². The lowest BCUT2D eigenvalue weighted by molar-refractivity contribution is 0.194. The zero-order valence-corrected chi connectivity index (χ0v) is 8.32. The number of nitrogens with zero attached hydrogens (tertiary/aromatic N) is 1. The van der Waals surface area contributed by atoms with Crippen LogP contribution in [0, 0.1) is 0 Å². The van der Waals surface area contributed by atoms with Crippen molar-refractivity contribution in [2.45, 2.75) is 12.3 Å². The van der Waals surface area contributed by atoms with Gasteiger partial charge in [-0.2, -0.15) is 0 Å². The molecule has 0 radical (unpaired) electrons. The lowest BCUT2D eigenvalue weighted by Crippen LogP contribution is -1.95. The number of ether oxygens (including phenoxy) is 1. The number of halogens is 1. The molecule has 0 amide bonds. The Hall–Kier alpha value is 0.0700. The van der Waals surface area contributed by atoms with Crippen molar-refractivity contribution in [2.75, 3.05) is 13.2 Å². The predicted octanol–water partition coefficient (Wildman–Crippen LogP) is 2.41. The van der Waals surface area contributed by atoms with Gasteiger partial charge in [-0.05, 0) is 22.4 Å². The summed E-state index contributed by atoms with van der Waals surface area (Å²) in [6.45, 7) is 1.74. The summed E-state index contributed by atoms with van der Waals surface area (Å²) in [6, 6.07) is 0. The molecule has 0 aliphatic carbocycles. The number of thiazole rings is 1. The molecule has 0 N–H and O–H groups in total. The van der Waals surface area contributed by atoms with E-state index < -0.39 is 0 Å². The van der Waals surface area contributed by atoms with Crippen LogP contribution < -0.4 is 0 Å². The predicted molar refractivity (Wildman–Crippen MR) is 48.0 cm³/mol. The van der Waals surface area contributed by atoms with Crippen molar-refractivity contribution >= 4 is 27.3 Å². The van der Waals surface area contributed by atoms with Crippen LogP contribution in [0.2, 0.25) is 0 Å². The molecule has 0 aromatic carbocycles. The van der Waals surface area contributed by atoms with E-state index in [-0.39, 0.29) is 0 Å². The normalized spacial score (nSPS) is 24.3. The summed E-state index contributed by atoms with van der Waals surface area (Å²) in [5.74, 6) is 0.547. The van der Waals surface area contributed by atoms with Crippen LogP contribution in [-0.4, -0.2) is 18.2 Å². The van der Waals surface area contributed by atoms with Gasteiger partial charge in [-0.3, -0.25) is 0 Å². The topological polar surface area (TPSA) is 22.1 Å². The van der Waals surface area contributed by atoms with Gasteiger partial charge in [-0.25, -0.2) is 4.98 Å². The number of hydrogen-bond donors (Lipinski definition) is 0. The van der Waals surface area contributed by atoms with Crippen LogP contribution in [0.3, 0.4) is 0 Å². The van der Waals surface area contributed by atoms with Crippen molar-refractivity contribution in [2.24, 2.45) is 0 Å². The lowest BCUT2D eigenvalue weighted by Gasteiger charge is -1.99. The minimum Gasteiger partial charge on any atom is -0.381 e. The maximum atomic E-state index is 5.27. The lowest BCUT2D eigenvalue weighted by atomic mass is 10.1. The zero-order chi connectivity index (χ0) is 7.68. The van der Waals surface area contributed by atoms with Crippen LogP contribution in [0.25, 0.3) is 0 Å². The SMILES string of the molecule is Brc1csc(C2CCOC2)n1. The molecular formula is C7H8BrNOS. The molecule has 1 unspecified atom stereocenters. The number of rotatable bonds is 1. The van der Waals surface area contributed by atoms with Gasteiger partial charge in [-0.1, -0.05) is 0 Å². The summed E-state index contributed by atoms with van der Waals surface area (Å²) in [5.41, 5.74) is 0. The first kappa shape index (κ1) is 7.71. The van der Waals surface area contributed by atoms with Crippen molar-refractivity contribution in [1.82, 2.24) is 4.98 Å². The maximum absolute atomic E-state index is 5.27. The Labute approximate surface area is 77.7 Å².